The number of nitrogens with one attached hydrogen (secondary N) is 2. The van der Waals surface area contributed by atoms with E-state index in [2.05, 4.69) is 20.9 Å². The summed E-state index contributed by atoms with van der Waals surface area (Å²) >= 11 is 0. The maximum Gasteiger partial charge on any atom is 0.360 e. The smallest absolute Gasteiger partial charge is 0.360 e. The molecule has 0 unspecified atom stereocenters. The van der Waals surface area contributed by atoms with Gasteiger partial charge in [-0.25, -0.2) is 9.59 Å². The first-order valence-electron chi connectivity index (χ1n) is 10.6. The number of nitrogens with zero attached hydrogens (tertiary/aromatic N) is 2. The Morgan fingerprint density at radius 3 is 2.30 bits per heavy atom. The predicted octanol–water partition coefficient (Wildman–Crippen LogP) is 2.80. The Labute approximate surface area is 192 Å². The van der Waals surface area contributed by atoms with Crippen LogP contribution in [-0.2, 0) is 16.0 Å². The van der Waals surface area contributed by atoms with Crippen molar-refractivity contribution in [3.8, 4) is 5.75 Å². The number of azo groups is 1. The zero-order valence-electron chi connectivity index (χ0n) is 18.4. The quantitative estimate of drug-likeness (QED) is 0.285. The van der Waals surface area contributed by atoms with Crippen LogP contribution in [0.2, 0.25) is 0 Å². The van der Waals surface area contributed by atoms with E-state index in [1.54, 1.807) is 61.7 Å². The van der Waals surface area contributed by atoms with Crippen molar-refractivity contribution in [1.82, 2.24) is 10.6 Å². The summed E-state index contributed by atoms with van der Waals surface area (Å²) in [5.41, 5.74) is 6.68. The first-order valence-corrected chi connectivity index (χ1v) is 10.6. The molecule has 0 fully saturated rings. The second kappa shape index (κ2) is 13.6. The highest BCUT2D eigenvalue weighted by Crippen LogP contribution is 2.14. The Bertz CT molecular complexity index is 934. The van der Waals surface area contributed by atoms with Crippen LogP contribution in [0, 0.1) is 0 Å². The van der Waals surface area contributed by atoms with Crippen molar-refractivity contribution >= 4 is 23.6 Å². The van der Waals surface area contributed by atoms with Gasteiger partial charge in [0.2, 0.25) is 5.91 Å². The van der Waals surface area contributed by atoms with E-state index in [0.717, 1.165) is 5.56 Å². The van der Waals surface area contributed by atoms with Crippen LogP contribution in [0.5, 0.6) is 5.75 Å². The molecule has 0 aliphatic carbocycles. The molecule has 0 spiro atoms. The summed E-state index contributed by atoms with van der Waals surface area (Å²) in [7, 11) is 1.54. The third-order valence-corrected chi connectivity index (χ3v) is 4.79. The molecule has 176 valence electrons. The summed E-state index contributed by atoms with van der Waals surface area (Å²) in [6.07, 6.45) is 1.55. The summed E-state index contributed by atoms with van der Waals surface area (Å²) in [4.78, 5) is 36.8. The number of aliphatic carboxylic acids is 1. The van der Waals surface area contributed by atoms with Gasteiger partial charge in [-0.1, -0.05) is 35.4 Å². The number of carbonyl (C=O) groups is 3. The maximum absolute atomic E-state index is 12.9. The number of unbranched alkanes of at least 4 members (excludes halogenated alkanes) is 1. The first kappa shape index (κ1) is 25.5. The minimum atomic E-state index is -1.15. The van der Waals surface area contributed by atoms with Gasteiger partial charge in [0.1, 0.15) is 17.8 Å². The Morgan fingerprint density at radius 1 is 1.00 bits per heavy atom. The summed E-state index contributed by atoms with van der Waals surface area (Å²) < 4.78 is 5.14. The third kappa shape index (κ3) is 9.08. The molecular formula is C23H29N5O5. The lowest BCUT2D eigenvalue weighted by molar-refractivity contribution is -0.142. The van der Waals surface area contributed by atoms with Gasteiger partial charge in [0.25, 0.3) is 0 Å². The molecule has 2 aromatic rings. The number of urea groups is 1. The number of methoxy groups -OCH3 is 1. The van der Waals surface area contributed by atoms with Gasteiger partial charge in [0.15, 0.2) is 0 Å². The van der Waals surface area contributed by atoms with Crippen molar-refractivity contribution in [3.63, 3.8) is 0 Å². The number of rotatable bonds is 12. The van der Waals surface area contributed by atoms with E-state index < -0.39 is 30.0 Å². The highest BCUT2D eigenvalue weighted by Gasteiger charge is 2.26. The molecule has 2 rings (SSSR count). The van der Waals surface area contributed by atoms with Crippen molar-refractivity contribution in [3.05, 3.63) is 60.2 Å². The fraction of sp³-hybridized carbons (Fsp3) is 0.348. The minimum absolute atomic E-state index is 0.123. The van der Waals surface area contributed by atoms with Crippen LogP contribution in [0.15, 0.2) is 64.8 Å². The zero-order chi connectivity index (χ0) is 24.1. The molecular weight excluding hydrogens is 426 g/mol. The van der Waals surface area contributed by atoms with Gasteiger partial charge in [0.05, 0.1) is 12.8 Å². The van der Waals surface area contributed by atoms with Crippen molar-refractivity contribution < 1.29 is 24.2 Å². The van der Waals surface area contributed by atoms with Crippen LogP contribution in [-0.4, -0.2) is 48.8 Å². The zero-order valence-corrected chi connectivity index (χ0v) is 18.4. The SMILES string of the molecule is COc1ccc(C[C@H](NC(=O)N=Nc2ccccc2)C(=O)N[C@@H](CCCCN)C(=O)O)cc1. The van der Waals surface area contributed by atoms with Crippen molar-refractivity contribution in [2.24, 2.45) is 16.0 Å². The Morgan fingerprint density at radius 2 is 1.70 bits per heavy atom. The molecule has 3 amide bonds. The van der Waals surface area contributed by atoms with Crippen molar-refractivity contribution in [1.29, 1.82) is 0 Å². The number of carbonyl (C=O) groups excluding carboxylic acids is 2. The van der Waals surface area contributed by atoms with Gasteiger partial charge in [-0.3, -0.25) is 4.79 Å². The van der Waals surface area contributed by atoms with Crippen LogP contribution < -0.4 is 21.1 Å². The molecule has 33 heavy (non-hydrogen) atoms. The molecule has 5 N–H and O–H groups in total. The number of ether oxygens (including phenoxy) is 1. The van der Waals surface area contributed by atoms with E-state index in [1.807, 2.05) is 0 Å². The highest BCUT2D eigenvalue weighted by molar-refractivity contribution is 5.90. The van der Waals surface area contributed by atoms with Gasteiger partial charge < -0.3 is 26.2 Å². The lowest BCUT2D eigenvalue weighted by Gasteiger charge is -2.21. The van der Waals surface area contributed by atoms with E-state index in [-0.39, 0.29) is 12.8 Å². The molecule has 0 saturated heterocycles. The largest absolute Gasteiger partial charge is 0.497 e. The number of nitrogens with two attached hydrogens (primary N) is 1. The molecule has 0 bridgehead atoms. The second-order valence-electron chi connectivity index (χ2n) is 7.27. The average molecular weight is 456 g/mol. The summed E-state index contributed by atoms with van der Waals surface area (Å²) in [5.74, 6) is -1.14. The molecule has 0 aromatic heterocycles. The number of carboxylic acids is 1. The molecule has 0 saturated carbocycles. The molecule has 2 atom stereocenters. The average Bonchev–Trinajstić information content (AvgIpc) is 2.82. The van der Waals surface area contributed by atoms with Crippen LogP contribution in [0.1, 0.15) is 24.8 Å². The number of carboxylic acid groups (broad SMARTS) is 1. The van der Waals surface area contributed by atoms with Crippen LogP contribution in [0.3, 0.4) is 0 Å². The van der Waals surface area contributed by atoms with E-state index in [1.165, 1.54) is 0 Å². The number of hydrogen-bond donors (Lipinski definition) is 4. The summed E-state index contributed by atoms with van der Waals surface area (Å²) in [6.45, 7) is 0.433. The molecule has 2 aromatic carbocycles. The first-order chi connectivity index (χ1) is 15.9. The van der Waals surface area contributed by atoms with Crippen LogP contribution in [0.4, 0.5) is 10.5 Å². The van der Waals surface area contributed by atoms with Gasteiger partial charge in [0, 0.05) is 6.42 Å². The van der Waals surface area contributed by atoms with Crippen LogP contribution in [0.25, 0.3) is 0 Å². The number of hydrogen-bond acceptors (Lipinski definition) is 6. The molecule has 0 heterocycles. The topological polar surface area (TPSA) is 155 Å². The van der Waals surface area contributed by atoms with Crippen molar-refractivity contribution in [2.45, 2.75) is 37.8 Å². The molecule has 0 radical (unpaired) electrons. The number of benzene rings is 2. The van der Waals surface area contributed by atoms with E-state index in [0.29, 0.717) is 30.8 Å². The van der Waals surface area contributed by atoms with E-state index in [9.17, 15) is 19.5 Å². The monoisotopic (exact) mass is 455 g/mol. The van der Waals surface area contributed by atoms with Gasteiger partial charge in [-0.2, -0.15) is 0 Å². The van der Waals surface area contributed by atoms with Gasteiger partial charge >= 0.3 is 12.0 Å². The maximum atomic E-state index is 12.9. The predicted molar refractivity (Wildman–Crippen MR) is 122 cm³/mol. The summed E-state index contributed by atoms with van der Waals surface area (Å²) in [5, 5.41) is 21.9. The minimum Gasteiger partial charge on any atom is -0.497 e. The molecule has 10 heteroatoms. The van der Waals surface area contributed by atoms with Crippen LogP contribution >= 0.6 is 0 Å². The fourth-order valence-corrected chi connectivity index (χ4v) is 3.00. The molecule has 0 aliphatic heterocycles. The fourth-order valence-electron chi connectivity index (χ4n) is 3.00. The Kier molecular flexibility index (Phi) is 10.5. The Balaban J connectivity index is 2.13. The van der Waals surface area contributed by atoms with Gasteiger partial charge in [-0.15, -0.1) is 5.11 Å². The molecule has 10 nitrogen and oxygen atoms in total. The summed E-state index contributed by atoms with van der Waals surface area (Å²) in [6, 6.07) is 12.7. The second-order valence-corrected chi connectivity index (χ2v) is 7.27. The van der Waals surface area contributed by atoms with E-state index in [4.69, 9.17) is 10.5 Å². The highest BCUT2D eigenvalue weighted by atomic mass is 16.5. The molecule has 0 aliphatic rings. The standard InChI is InChI=1S/C23H29N5O5/c1-33-18-12-10-16(11-13-18)15-20(21(29)25-19(22(30)31)9-5-6-14-24)26-23(32)28-27-17-7-3-2-4-8-17/h2-4,7-8,10-13,19-20H,5-6,9,14-15,24H2,1H3,(H,25,29)(H,26,32)(H,30,31)/t19-,20-/m0/s1. The third-order valence-electron chi connectivity index (χ3n) is 4.79. The lowest BCUT2D eigenvalue weighted by atomic mass is 10.0. The Hall–Kier alpha value is -3.79. The van der Waals surface area contributed by atoms with Gasteiger partial charge in [-0.05, 0) is 55.6 Å². The normalized spacial score (nSPS) is 12.7. The number of amides is 3. The van der Waals surface area contributed by atoms with E-state index >= 15 is 0 Å². The van der Waals surface area contributed by atoms with Crippen molar-refractivity contribution in [2.75, 3.05) is 13.7 Å². The lowest BCUT2D eigenvalue weighted by Crippen LogP contribution is -2.52.